The predicted octanol–water partition coefficient (Wildman–Crippen LogP) is 2.94. The molecule has 4 heteroatoms. The van der Waals surface area contributed by atoms with Gasteiger partial charge in [-0.3, -0.25) is 0 Å². The first-order valence-electron chi connectivity index (χ1n) is 5.60. The summed E-state index contributed by atoms with van der Waals surface area (Å²) in [6, 6.07) is 9.50. The molecule has 0 aliphatic heterocycles. The summed E-state index contributed by atoms with van der Waals surface area (Å²) in [6.45, 7) is 3.84. The Morgan fingerprint density at radius 2 is 1.89 bits per heavy atom. The third kappa shape index (κ3) is 1.82. The van der Waals surface area contributed by atoms with Gasteiger partial charge >= 0.3 is 0 Å². The van der Waals surface area contributed by atoms with E-state index in [4.69, 9.17) is 4.74 Å². The number of benzene rings is 1. The van der Waals surface area contributed by atoms with Gasteiger partial charge in [-0.1, -0.05) is 12.1 Å². The van der Waals surface area contributed by atoms with E-state index in [1.807, 2.05) is 48.1 Å². The van der Waals surface area contributed by atoms with Crippen LogP contribution in [0.5, 0.6) is 11.6 Å². The van der Waals surface area contributed by atoms with Gasteiger partial charge in [0.25, 0.3) is 0 Å². The van der Waals surface area contributed by atoms with Crippen molar-refractivity contribution in [3.8, 4) is 11.6 Å². The highest BCUT2D eigenvalue weighted by molar-refractivity contribution is 5.81. The van der Waals surface area contributed by atoms with Gasteiger partial charge in [-0.2, -0.15) is 0 Å². The minimum Gasteiger partial charge on any atom is -0.438 e. The summed E-state index contributed by atoms with van der Waals surface area (Å²) in [5, 5.41) is 0.902. The average Bonchev–Trinajstić information content (AvgIpc) is 2.76. The van der Waals surface area contributed by atoms with Gasteiger partial charge in [0.05, 0.1) is 5.39 Å². The van der Waals surface area contributed by atoms with Crippen molar-refractivity contribution in [1.29, 1.82) is 0 Å². The molecule has 0 aliphatic rings. The molecule has 3 rings (SSSR count). The first-order chi connectivity index (χ1) is 8.74. The lowest BCUT2D eigenvalue weighted by atomic mass is 10.2. The Bertz CT molecular complexity index is 686. The summed E-state index contributed by atoms with van der Waals surface area (Å²) in [7, 11) is 1.94. The summed E-state index contributed by atoms with van der Waals surface area (Å²) in [6.07, 6.45) is 3.44. The van der Waals surface area contributed by atoms with Crippen molar-refractivity contribution in [3.05, 3.63) is 55.3 Å². The summed E-state index contributed by atoms with van der Waals surface area (Å²) in [4.78, 5) is 8.39. The largest absolute Gasteiger partial charge is 0.438 e. The summed E-state index contributed by atoms with van der Waals surface area (Å²) in [5.74, 6) is 1.31. The second-order valence-corrected chi connectivity index (χ2v) is 4.09. The Hall–Kier alpha value is -2.36. The van der Waals surface area contributed by atoms with Crippen molar-refractivity contribution in [3.63, 3.8) is 0 Å². The Morgan fingerprint density at radius 1 is 1.11 bits per heavy atom. The highest BCUT2D eigenvalue weighted by Gasteiger charge is 2.08. The molecular formula is C14H12N3O. The van der Waals surface area contributed by atoms with Crippen LogP contribution in [0.1, 0.15) is 5.56 Å². The van der Waals surface area contributed by atoms with Gasteiger partial charge in [-0.15, -0.1) is 0 Å². The fraction of sp³-hybridized carbons (Fsp3) is 0.0714. The van der Waals surface area contributed by atoms with Crippen LogP contribution >= 0.6 is 0 Å². The molecule has 0 amide bonds. The number of aryl methyl sites for hydroxylation is 1. The molecule has 2 aromatic heterocycles. The molecule has 0 N–H and O–H groups in total. The summed E-state index contributed by atoms with van der Waals surface area (Å²) in [5.41, 5.74) is 1.81. The lowest BCUT2D eigenvalue weighted by molar-refractivity contribution is 0.468. The van der Waals surface area contributed by atoms with Crippen molar-refractivity contribution in [2.45, 2.75) is 0 Å². The fourth-order valence-corrected chi connectivity index (χ4v) is 1.81. The van der Waals surface area contributed by atoms with Crippen molar-refractivity contribution in [2.75, 3.05) is 0 Å². The highest BCUT2D eigenvalue weighted by atomic mass is 16.5. The van der Waals surface area contributed by atoms with Crippen LogP contribution in [0.25, 0.3) is 11.0 Å². The summed E-state index contributed by atoms with van der Waals surface area (Å²) >= 11 is 0. The maximum absolute atomic E-state index is 5.77. The van der Waals surface area contributed by atoms with Crippen LogP contribution in [0.2, 0.25) is 0 Å². The zero-order valence-corrected chi connectivity index (χ0v) is 10.00. The first-order valence-corrected chi connectivity index (χ1v) is 5.60. The van der Waals surface area contributed by atoms with E-state index in [0.717, 1.165) is 22.3 Å². The molecular weight excluding hydrogens is 226 g/mol. The van der Waals surface area contributed by atoms with E-state index in [-0.39, 0.29) is 0 Å². The Morgan fingerprint density at radius 3 is 2.67 bits per heavy atom. The third-order valence-corrected chi connectivity index (χ3v) is 2.76. The van der Waals surface area contributed by atoms with Crippen LogP contribution in [0.15, 0.2) is 42.9 Å². The molecule has 0 fully saturated rings. The molecule has 1 aromatic carbocycles. The van der Waals surface area contributed by atoms with Gasteiger partial charge in [0, 0.05) is 13.2 Å². The lowest BCUT2D eigenvalue weighted by Crippen LogP contribution is -1.92. The molecule has 0 bridgehead atoms. The standard InChI is InChI=1S/C14H12N3O/c1-10-3-5-11(6-4-10)18-14-12-7-8-17(2)13(12)15-9-16-14/h3-9H,1H2,2H3. The van der Waals surface area contributed by atoms with Crippen LogP contribution in [-0.4, -0.2) is 14.5 Å². The molecule has 18 heavy (non-hydrogen) atoms. The van der Waals surface area contributed by atoms with E-state index in [0.29, 0.717) is 5.88 Å². The molecule has 4 nitrogen and oxygen atoms in total. The zero-order valence-electron chi connectivity index (χ0n) is 10.00. The molecule has 0 saturated heterocycles. The number of nitrogens with zero attached hydrogens (tertiary/aromatic N) is 3. The van der Waals surface area contributed by atoms with Crippen molar-refractivity contribution < 1.29 is 4.74 Å². The van der Waals surface area contributed by atoms with E-state index in [1.165, 1.54) is 6.33 Å². The number of rotatable bonds is 2. The average molecular weight is 238 g/mol. The molecule has 0 aliphatic carbocycles. The zero-order chi connectivity index (χ0) is 12.5. The number of hydrogen-bond donors (Lipinski definition) is 0. The molecule has 0 saturated carbocycles. The van der Waals surface area contributed by atoms with Gasteiger partial charge in [0.2, 0.25) is 5.88 Å². The van der Waals surface area contributed by atoms with Gasteiger partial charge in [0.1, 0.15) is 17.7 Å². The molecule has 89 valence electrons. The summed E-state index contributed by atoms with van der Waals surface area (Å²) < 4.78 is 7.70. The monoisotopic (exact) mass is 238 g/mol. The predicted molar refractivity (Wildman–Crippen MR) is 69.5 cm³/mol. The van der Waals surface area contributed by atoms with Crippen molar-refractivity contribution in [1.82, 2.24) is 14.5 Å². The smallest absolute Gasteiger partial charge is 0.231 e. The fourth-order valence-electron chi connectivity index (χ4n) is 1.81. The Labute approximate surface area is 105 Å². The molecule has 0 atom stereocenters. The van der Waals surface area contributed by atoms with Gasteiger partial charge in [-0.05, 0) is 30.7 Å². The minimum absolute atomic E-state index is 0.567. The van der Waals surface area contributed by atoms with Crippen LogP contribution in [0, 0.1) is 6.92 Å². The maximum atomic E-state index is 5.77. The molecule has 2 heterocycles. The molecule has 1 radical (unpaired) electrons. The first kappa shape index (κ1) is 10.8. The normalized spacial score (nSPS) is 10.8. The van der Waals surface area contributed by atoms with Gasteiger partial charge < -0.3 is 9.30 Å². The minimum atomic E-state index is 0.567. The second-order valence-electron chi connectivity index (χ2n) is 4.09. The number of ether oxygens (including phenoxy) is 1. The molecule has 0 spiro atoms. The van der Waals surface area contributed by atoms with Gasteiger partial charge in [-0.25, -0.2) is 9.97 Å². The van der Waals surface area contributed by atoms with Crippen molar-refractivity contribution >= 4 is 11.0 Å². The van der Waals surface area contributed by atoms with E-state index < -0.39 is 0 Å². The second kappa shape index (κ2) is 4.14. The number of fused-ring (bicyclic) bond motifs is 1. The molecule has 3 aromatic rings. The van der Waals surface area contributed by atoms with E-state index in [9.17, 15) is 0 Å². The van der Waals surface area contributed by atoms with Gasteiger partial charge in [0.15, 0.2) is 0 Å². The van der Waals surface area contributed by atoms with Crippen LogP contribution in [-0.2, 0) is 7.05 Å². The van der Waals surface area contributed by atoms with Crippen molar-refractivity contribution in [2.24, 2.45) is 7.05 Å². The van der Waals surface area contributed by atoms with E-state index in [1.54, 1.807) is 0 Å². The number of aromatic nitrogens is 3. The Kier molecular flexibility index (Phi) is 2.48. The lowest BCUT2D eigenvalue weighted by Gasteiger charge is -2.05. The SMILES string of the molecule is [CH2]c1ccc(Oc2ncnc3c2ccn3C)cc1. The maximum Gasteiger partial charge on any atom is 0.231 e. The van der Waals surface area contributed by atoms with Crippen LogP contribution in [0.3, 0.4) is 0 Å². The quantitative estimate of drug-likeness (QED) is 0.689. The van der Waals surface area contributed by atoms with E-state index in [2.05, 4.69) is 16.9 Å². The van der Waals surface area contributed by atoms with Crippen LogP contribution in [0.4, 0.5) is 0 Å². The van der Waals surface area contributed by atoms with E-state index >= 15 is 0 Å². The Balaban J connectivity index is 2.02. The topological polar surface area (TPSA) is 39.9 Å². The van der Waals surface area contributed by atoms with Crippen LogP contribution < -0.4 is 4.74 Å². The molecule has 0 unspecified atom stereocenters. The number of hydrogen-bond acceptors (Lipinski definition) is 3. The highest BCUT2D eigenvalue weighted by Crippen LogP contribution is 2.26. The third-order valence-electron chi connectivity index (χ3n) is 2.76.